The quantitative estimate of drug-likeness (QED) is 0.137. The molecule has 9 N–H and O–H groups in total. The van der Waals surface area contributed by atoms with Gasteiger partial charge in [-0.25, -0.2) is 9.13 Å². The summed E-state index contributed by atoms with van der Waals surface area (Å²) in [5.74, 6) is 0.167. The van der Waals surface area contributed by atoms with Gasteiger partial charge in [-0.3, -0.25) is 5.41 Å². The molecule has 10 nitrogen and oxygen atoms in total. The number of nitrogens with two attached hydrogens (primary N) is 1. The van der Waals surface area contributed by atoms with Crippen molar-refractivity contribution in [3.05, 3.63) is 0 Å². The Hall–Kier alpha value is -0.310. The van der Waals surface area contributed by atoms with E-state index in [2.05, 4.69) is 0 Å². The number of rotatable bonds is 0. The van der Waals surface area contributed by atoms with Crippen molar-refractivity contribution in [3.8, 4) is 0 Å². The van der Waals surface area contributed by atoms with Crippen molar-refractivity contribution >= 4 is 21.5 Å². The fourth-order valence-electron chi connectivity index (χ4n) is 0. The number of amidine groups is 1. The minimum Gasteiger partial charge on any atom is -0.388 e. The van der Waals surface area contributed by atoms with Crippen LogP contribution in [-0.4, -0.2) is 35.2 Å². The molecular formula is C2H12N2O8P2. The van der Waals surface area contributed by atoms with E-state index >= 15 is 0 Å². The number of nitrogens with one attached hydrogen (secondary N) is 1. The first-order chi connectivity index (χ1) is 5.73. The van der Waals surface area contributed by atoms with E-state index in [0.717, 1.165) is 0 Å². The highest BCUT2D eigenvalue weighted by Gasteiger charge is 2.00. The molecule has 0 unspecified atom stereocenters. The first-order valence-electron chi connectivity index (χ1n) is 2.60. The monoisotopic (exact) mass is 254 g/mol. The van der Waals surface area contributed by atoms with Gasteiger partial charge < -0.3 is 35.1 Å². The van der Waals surface area contributed by atoms with Crippen LogP contribution in [0.25, 0.3) is 0 Å². The molecule has 0 bridgehead atoms. The summed E-state index contributed by atoms with van der Waals surface area (Å²) >= 11 is 0. The second-order valence-corrected chi connectivity index (χ2v) is 3.76. The van der Waals surface area contributed by atoms with Gasteiger partial charge in [0.15, 0.2) is 0 Å². The summed E-state index contributed by atoms with van der Waals surface area (Å²) in [4.78, 5) is 43.1. The van der Waals surface area contributed by atoms with Gasteiger partial charge in [-0.15, -0.1) is 0 Å². The average molecular weight is 254 g/mol. The topological polar surface area (TPSA) is 205 Å². The predicted molar refractivity (Wildman–Crippen MR) is 46.1 cm³/mol. The maximum absolute atomic E-state index is 8.88. The normalized spacial score (nSPS) is 10.2. The Balaban J connectivity index is -0.000000131. The smallest absolute Gasteiger partial charge is 0.388 e. The van der Waals surface area contributed by atoms with E-state index in [0.29, 0.717) is 0 Å². The second-order valence-electron chi connectivity index (χ2n) is 1.71. The molecule has 14 heavy (non-hydrogen) atoms. The molecule has 0 aromatic heterocycles. The van der Waals surface area contributed by atoms with E-state index in [4.69, 9.17) is 49.6 Å². The molecule has 0 aromatic rings. The SMILES string of the molecule is CC(=N)N.O=P(O)(O)O.O=P(O)(O)O. The third-order valence-electron chi connectivity index (χ3n) is 0. The van der Waals surface area contributed by atoms with Crippen LogP contribution in [0.15, 0.2) is 0 Å². The van der Waals surface area contributed by atoms with Gasteiger partial charge in [0.05, 0.1) is 5.84 Å². The zero-order valence-electron chi connectivity index (χ0n) is 6.97. The fraction of sp³-hybridized carbons (Fsp3) is 0.500. The molecule has 0 heterocycles. The Labute approximate surface area is 79.0 Å². The molecule has 0 radical (unpaired) electrons. The molecule has 0 spiro atoms. The lowest BCUT2D eigenvalue weighted by molar-refractivity contribution is 0.272. The molecule has 0 atom stereocenters. The summed E-state index contributed by atoms with van der Waals surface area (Å²) in [5.41, 5.74) is 4.69. The summed E-state index contributed by atoms with van der Waals surface area (Å²) in [6.07, 6.45) is 0. The highest BCUT2D eigenvalue weighted by Crippen LogP contribution is 2.26. The Bertz CT molecular complexity index is 199. The van der Waals surface area contributed by atoms with Gasteiger partial charge >= 0.3 is 15.6 Å². The molecule has 0 saturated carbocycles. The number of hydrogen-bond acceptors (Lipinski definition) is 3. The Kier molecular flexibility index (Phi) is 11.1. The van der Waals surface area contributed by atoms with Crippen molar-refractivity contribution in [2.24, 2.45) is 5.73 Å². The summed E-state index contributed by atoms with van der Waals surface area (Å²) in [6, 6.07) is 0. The van der Waals surface area contributed by atoms with E-state index in [9.17, 15) is 0 Å². The van der Waals surface area contributed by atoms with Gasteiger partial charge in [-0.05, 0) is 6.92 Å². The summed E-state index contributed by atoms with van der Waals surface area (Å²) in [6.45, 7) is 1.53. The van der Waals surface area contributed by atoms with E-state index < -0.39 is 15.6 Å². The molecule has 0 amide bonds. The number of hydrogen-bond donors (Lipinski definition) is 8. The van der Waals surface area contributed by atoms with Gasteiger partial charge in [0, 0.05) is 0 Å². The minimum atomic E-state index is -4.64. The van der Waals surface area contributed by atoms with E-state index in [1.54, 1.807) is 0 Å². The van der Waals surface area contributed by atoms with Gasteiger partial charge in [0.1, 0.15) is 0 Å². The van der Waals surface area contributed by atoms with E-state index in [1.807, 2.05) is 0 Å². The minimum absolute atomic E-state index is 0.167. The molecule has 0 fully saturated rings. The largest absolute Gasteiger partial charge is 0.466 e. The van der Waals surface area contributed by atoms with Gasteiger partial charge in [-0.2, -0.15) is 0 Å². The lowest BCUT2D eigenvalue weighted by Gasteiger charge is -1.82. The molecule has 12 heteroatoms. The molecule has 0 rings (SSSR count). The molecule has 88 valence electrons. The zero-order chi connectivity index (χ0) is 12.6. The van der Waals surface area contributed by atoms with E-state index in [1.165, 1.54) is 6.92 Å². The number of phosphoric acid groups is 2. The van der Waals surface area contributed by atoms with Crippen molar-refractivity contribution in [2.75, 3.05) is 0 Å². The van der Waals surface area contributed by atoms with Crippen LogP contribution in [0.1, 0.15) is 6.92 Å². The lowest BCUT2D eigenvalue weighted by atomic mass is 10.8. The lowest BCUT2D eigenvalue weighted by Crippen LogP contribution is -2.00. The Morgan fingerprint density at radius 1 is 1.00 bits per heavy atom. The second kappa shape index (κ2) is 8.04. The zero-order valence-corrected chi connectivity index (χ0v) is 8.76. The summed E-state index contributed by atoms with van der Waals surface area (Å²) in [7, 11) is -9.28. The molecule has 0 aliphatic carbocycles. The Morgan fingerprint density at radius 2 is 1.00 bits per heavy atom. The van der Waals surface area contributed by atoms with Crippen molar-refractivity contribution in [2.45, 2.75) is 6.92 Å². The van der Waals surface area contributed by atoms with Crippen LogP contribution < -0.4 is 5.73 Å². The van der Waals surface area contributed by atoms with Gasteiger partial charge in [0.2, 0.25) is 0 Å². The standard InChI is InChI=1S/C2H6N2.2H3O4P/c1-2(3)4;2*1-5(2,3)4/h1H3,(H3,3,4);2*(H3,1,2,3,4). The molecule has 0 saturated heterocycles. The third kappa shape index (κ3) is 13900. The molecule has 0 aliphatic heterocycles. The first-order valence-corrected chi connectivity index (χ1v) is 5.73. The highest BCUT2D eigenvalue weighted by molar-refractivity contribution is 7.45. The van der Waals surface area contributed by atoms with Crippen molar-refractivity contribution in [3.63, 3.8) is 0 Å². The van der Waals surface area contributed by atoms with Crippen LogP contribution in [-0.2, 0) is 9.13 Å². The molecule has 0 aliphatic rings. The first kappa shape index (κ1) is 19.3. The maximum atomic E-state index is 8.88. The summed E-state index contributed by atoms with van der Waals surface area (Å²) < 4.78 is 17.8. The van der Waals surface area contributed by atoms with Gasteiger partial charge in [0.25, 0.3) is 0 Å². The van der Waals surface area contributed by atoms with Crippen LogP contribution in [0.4, 0.5) is 0 Å². The summed E-state index contributed by atoms with van der Waals surface area (Å²) in [5, 5.41) is 6.28. The van der Waals surface area contributed by atoms with Crippen LogP contribution in [0.3, 0.4) is 0 Å². The molecule has 0 aromatic carbocycles. The van der Waals surface area contributed by atoms with Gasteiger partial charge in [-0.1, -0.05) is 0 Å². The maximum Gasteiger partial charge on any atom is 0.466 e. The third-order valence-corrected chi connectivity index (χ3v) is 0. The highest BCUT2D eigenvalue weighted by atomic mass is 31.2. The van der Waals surface area contributed by atoms with Crippen LogP contribution in [0, 0.1) is 5.41 Å². The van der Waals surface area contributed by atoms with Crippen molar-refractivity contribution in [1.29, 1.82) is 5.41 Å². The average Bonchev–Trinajstić information content (AvgIpc) is 1.45. The van der Waals surface area contributed by atoms with Crippen LogP contribution in [0.5, 0.6) is 0 Å². The van der Waals surface area contributed by atoms with Crippen molar-refractivity contribution in [1.82, 2.24) is 0 Å². The van der Waals surface area contributed by atoms with E-state index in [-0.39, 0.29) is 5.84 Å². The molecular weight excluding hydrogens is 242 g/mol. The van der Waals surface area contributed by atoms with Crippen LogP contribution in [0.2, 0.25) is 0 Å². The Morgan fingerprint density at radius 3 is 1.00 bits per heavy atom. The predicted octanol–water partition coefficient (Wildman–Crippen LogP) is -1.91. The fourth-order valence-corrected chi connectivity index (χ4v) is 0. The van der Waals surface area contributed by atoms with Crippen LogP contribution >= 0.6 is 15.6 Å². The van der Waals surface area contributed by atoms with Crippen molar-refractivity contribution < 1.29 is 38.5 Å².